The van der Waals surface area contributed by atoms with Gasteiger partial charge in [0.1, 0.15) is 21.0 Å². The lowest BCUT2D eigenvalue weighted by molar-refractivity contribution is 0.474. The first-order valence-corrected chi connectivity index (χ1v) is 11.3. The summed E-state index contributed by atoms with van der Waals surface area (Å²) in [6.07, 6.45) is 0.801. The van der Waals surface area contributed by atoms with Crippen LogP contribution in [0.3, 0.4) is 0 Å². The number of pyridine rings is 1. The van der Waals surface area contributed by atoms with Crippen molar-refractivity contribution in [3.8, 4) is 5.75 Å². The first-order chi connectivity index (χ1) is 13.3. The van der Waals surface area contributed by atoms with E-state index in [9.17, 15) is 19.0 Å². The smallest absolute Gasteiger partial charge is 0.266 e. The molecule has 4 rings (SSSR count). The topological polar surface area (TPSA) is 107 Å². The van der Waals surface area contributed by atoms with Gasteiger partial charge in [-0.2, -0.15) is 0 Å². The molecule has 1 aliphatic heterocycles. The van der Waals surface area contributed by atoms with Crippen molar-refractivity contribution in [2.24, 2.45) is 10.3 Å². The van der Waals surface area contributed by atoms with Gasteiger partial charge in [0.15, 0.2) is 5.84 Å². The zero-order valence-electron chi connectivity index (χ0n) is 15.4. The fraction of sp³-hybridized carbons (Fsp3) is 0.263. The van der Waals surface area contributed by atoms with Gasteiger partial charge in [0, 0.05) is 6.54 Å². The Kier molecular flexibility index (Phi) is 4.70. The van der Waals surface area contributed by atoms with Crippen molar-refractivity contribution in [2.75, 3.05) is 5.32 Å². The minimum Gasteiger partial charge on any atom is -0.506 e. The number of aromatic nitrogens is 1. The van der Waals surface area contributed by atoms with Gasteiger partial charge in [0.2, 0.25) is 0 Å². The van der Waals surface area contributed by atoms with Gasteiger partial charge >= 0.3 is 0 Å². The maximum absolute atomic E-state index is 13.3. The second kappa shape index (κ2) is 6.93. The lowest BCUT2D eigenvalue weighted by atomic mass is 10.1. The second-order valence-corrected chi connectivity index (χ2v) is 9.64. The van der Waals surface area contributed by atoms with Crippen LogP contribution in [0.15, 0.2) is 49.8 Å². The fourth-order valence-corrected chi connectivity index (χ4v) is 5.29. The van der Waals surface area contributed by atoms with Crippen LogP contribution in [0.5, 0.6) is 5.75 Å². The van der Waals surface area contributed by atoms with Gasteiger partial charge in [-0.25, -0.2) is 0 Å². The molecule has 3 aromatic rings. The summed E-state index contributed by atoms with van der Waals surface area (Å²) in [6, 6.07) is 8.42. The number of anilines is 1. The molecule has 0 radical (unpaired) electrons. The average Bonchev–Trinajstić information content (AvgIpc) is 3.11. The van der Waals surface area contributed by atoms with Gasteiger partial charge in [-0.3, -0.25) is 18.5 Å². The highest BCUT2D eigenvalue weighted by Gasteiger charge is 2.30. The largest absolute Gasteiger partial charge is 0.506 e. The highest BCUT2D eigenvalue weighted by Crippen LogP contribution is 2.55. The van der Waals surface area contributed by atoms with Crippen LogP contribution < -0.4 is 10.9 Å². The fourth-order valence-electron chi connectivity index (χ4n) is 3.20. The summed E-state index contributed by atoms with van der Waals surface area (Å²) in [5.41, 5.74) is -0.0106. The Balaban J connectivity index is 1.92. The summed E-state index contributed by atoms with van der Waals surface area (Å²) in [4.78, 5) is 14.2. The summed E-state index contributed by atoms with van der Waals surface area (Å²) in [5.74, 6) is 0.165. The number of amidine groups is 1. The molecule has 0 spiro atoms. The van der Waals surface area contributed by atoms with Crippen LogP contribution >= 0.6 is 22.1 Å². The minimum atomic E-state index is -3.48. The number of rotatable bonds is 4. The van der Waals surface area contributed by atoms with E-state index < -0.39 is 16.3 Å². The van der Waals surface area contributed by atoms with Crippen LogP contribution in [0.4, 0.5) is 5.69 Å². The molecule has 1 aromatic carbocycles. The van der Waals surface area contributed by atoms with Crippen LogP contribution in [0.25, 0.3) is 10.2 Å². The standard InChI is InChI=1S/C19H21N3O4S2/c1-11(2)7-9-22-18(24)15(16(23)12-8-10-27-19(12)22)17-20-13-5-3-4-6-14(13)28(25,26)21-17/h3-6,8,10-11,23,25-26H,7,9H2,1-2H3,(H,20,21). The zero-order chi connectivity index (χ0) is 20.1. The molecule has 4 N–H and O–H groups in total. The number of aromatic hydroxyl groups is 1. The third kappa shape index (κ3) is 3.10. The second-order valence-electron chi connectivity index (χ2n) is 7.08. The van der Waals surface area contributed by atoms with E-state index in [0.29, 0.717) is 28.4 Å². The number of nitrogens with one attached hydrogen (secondary N) is 1. The van der Waals surface area contributed by atoms with Crippen molar-refractivity contribution >= 4 is 43.9 Å². The molecular formula is C19H21N3O4S2. The molecule has 0 amide bonds. The molecule has 9 heteroatoms. The van der Waals surface area contributed by atoms with Crippen LogP contribution in [0.1, 0.15) is 25.8 Å². The van der Waals surface area contributed by atoms with Crippen molar-refractivity contribution in [3.63, 3.8) is 0 Å². The Hall–Kier alpha value is -2.33. The molecular weight excluding hydrogens is 398 g/mol. The first kappa shape index (κ1) is 19.0. The monoisotopic (exact) mass is 419 g/mol. The summed E-state index contributed by atoms with van der Waals surface area (Å²) in [6.45, 7) is 4.66. The lowest BCUT2D eigenvalue weighted by Gasteiger charge is -2.34. The van der Waals surface area contributed by atoms with E-state index in [1.807, 2.05) is 5.38 Å². The predicted octanol–water partition coefficient (Wildman–Crippen LogP) is 4.71. The Bertz CT molecular complexity index is 1150. The molecule has 0 saturated heterocycles. The molecule has 0 aliphatic carbocycles. The lowest BCUT2D eigenvalue weighted by Crippen LogP contribution is -2.32. The number of aryl methyl sites for hydroxylation is 1. The summed E-state index contributed by atoms with van der Waals surface area (Å²) >= 11 is 1.39. The Labute approximate surface area is 167 Å². The van der Waals surface area contributed by atoms with Crippen molar-refractivity contribution in [2.45, 2.75) is 31.7 Å². The third-order valence-electron chi connectivity index (χ3n) is 4.66. The number of hydrogen-bond donors (Lipinski definition) is 4. The Morgan fingerprint density at radius 3 is 2.75 bits per heavy atom. The number of para-hydroxylation sites is 1. The molecule has 7 nitrogen and oxygen atoms in total. The van der Waals surface area contributed by atoms with E-state index in [1.165, 1.54) is 11.3 Å². The predicted molar refractivity (Wildman–Crippen MR) is 115 cm³/mol. The van der Waals surface area contributed by atoms with Gasteiger partial charge < -0.3 is 10.4 Å². The molecule has 0 unspecified atom stereocenters. The van der Waals surface area contributed by atoms with E-state index in [1.54, 1.807) is 34.9 Å². The van der Waals surface area contributed by atoms with Crippen molar-refractivity contribution in [3.05, 3.63) is 51.6 Å². The maximum atomic E-state index is 13.3. The molecule has 0 saturated carbocycles. The van der Waals surface area contributed by atoms with Gasteiger partial charge in [-0.15, -0.1) is 15.7 Å². The van der Waals surface area contributed by atoms with Crippen LogP contribution in [-0.4, -0.2) is 24.6 Å². The highest BCUT2D eigenvalue weighted by molar-refractivity contribution is 8.23. The van der Waals surface area contributed by atoms with Crippen molar-refractivity contribution < 1.29 is 14.2 Å². The molecule has 0 atom stereocenters. The molecule has 3 heterocycles. The minimum absolute atomic E-state index is 0.0346. The molecule has 28 heavy (non-hydrogen) atoms. The van der Waals surface area contributed by atoms with Gasteiger partial charge in [0.05, 0.1) is 11.1 Å². The quantitative estimate of drug-likeness (QED) is 0.490. The number of thiophene rings is 1. The summed E-state index contributed by atoms with van der Waals surface area (Å²) in [5, 5.41) is 16.2. The third-order valence-corrected chi connectivity index (χ3v) is 6.98. The number of benzene rings is 1. The Morgan fingerprint density at radius 2 is 2.00 bits per heavy atom. The SMILES string of the molecule is CC(C)CCn1c(=O)c(C2=NS(O)(O)c3ccccc3N2)c(O)c2ccsc21. The van der Waals surface area contributed by atoms with Crippen molar-refractivity contribution in [1.82, 2.24) is 4.57 Å². The zero-order valence-corrected chi connectivity index (χ0v) is 17.0. The van der Waals surface area contributed by atoms with Gasteiger partial charge in [0.25, 0.3) is 5.56 Å². The van der Waals surface area contributed by atoms with E-state index in [0.717, 1.165) is 6.42 Å². The Morgan fingerprint density at radius 1 is 1.25 bits per heavy atom. The van der Waals surface area contributed by atoms with Crippen molar-refractivity contribution in [1.29, 1.82) is 0 Å². The van der Waals surface area contributed by atoms with Crippen LogP contribution in [0, 0.1) is 5.92 Å². The molecule has 0 bridgehead atoms. The number of hydrogen-bond acceptors (Lipinski definition) is 7. The first-order valence-electron chi connectivity index (χ1n) is 8.87. The van der Waals surface area contributed by atoms with E-state index in [4.69, 9.17) is 0 Å². The maximum Gasteiger partial charge on any atom is 0.266 e. The molecule has 0 fully saturated rings. The molecule has 148 valence electrons. The number of fused-ring (bicyclic) bond motifs is 2. The van der Waals surface area contributed by atoms with Crippen LogP contribution in [0.2, 0.25) is 0 Å². The normalized spacial score (nSPS) is 16.5. The van der Waals surface area contributed by atoms with E-state index >= 15 is 0 Å². The highest BCUT2D eigenvalue weighted by atomic mass is 32.3. The molecule has 2 aromatic heterocycles. The van der Waals surface area contributed by atoms with Gasteiger partial charge in [-0.05, 0) is 35.9 Å². The number of nitrogens with zero attached hydrogens (tertiary/aromatic N) is 2. The van der Waals surface area contributed by atoms with Crippen LogP contribution in [-0.2, 0) is 6.54 Å². The summed E-state index contributed by atoms with van der Waals surface area (Å²) in [7, 11) is -3.48. The molecule has 1 aliphatic rings. The van der Waals surface area contributed by atoms with E-state index in [-0.39, 0.29) is 22.0 Å². The average molecular weight is 420 g/mol. The summed E-state index contributed by atoms with van der Waals surface area (Å²) < 4.78 is 26.6. The van der Waals surface area contributed by atoms with Gasteiger partial charge in [-0.1, -0.05) is 36.8 Å². The van der Waals surface area contributed by atoms with E-state index in [2.05, 4.69) is 23.6 Å².